The first-order valence-corrected chi connectivity index (χ1v) is 10.4. The Morgan fingerprint density at radius 1 is 0.633 bits per heavy atom. The van der Waals surface area contributed by atoms with Gasteiger partial charge in [0.25, 0.3) is 0 Å². The van der Waals surface area contributed by atoms with Crippen molar-refractivity contribution in [2.75, 3.05) is 13.2 Å². The fourth-order valence-corrected chi connectivity index (χ4v) is 3.56. The summed E-state index contributed by atoms with van der Waals surface area (Å²) in [5.74, 6) is 0. The molecule has 0 spiro atoms. The van der Waals surface area contributed by atoms with E-state index in [0.29, 0.717) is 33.0 Å². The second-order valence-corrected chi connectivity index (χ2v) is 7.47. The van der Waals surface area contributed by atoms with Gasteiger partial charge in [-0.25, -0.2) is 0 Å². The van der Waals surface area contributed by atoms with Gasteiger partial charge in [-0.2, -0.15) is 0 Å². The molecular weight excluding hydrogens is 376 g/mol. The first-order chi connectivity index (χ1) is 14.9. The van der Waals surface area contributed by atoms with Crippen LogP contribution < -0.4 is 0 Å². The lowest BCUT2D eigenvalue weighted by atomic mass is 10.1. The van der Waals surface area contributed by atoms with Gasteiger partial charge < -0.3 is 18.9 Å². The van der Waals surface area contributed by atoms with Crippen molar-refractivity contribution in [3.05, 3.63) is 108 Å². The van der Waals surface area contributed by atoms with E-state index in [4.69, 9.17) is 18.9 Å². The summed E-state index contributed by atoms with van der Waals surface area (Å²) in [7, 11) is 0. The molecule has 0 amide bonds. The van der Waals surface area contributed by atoms with Crippen molar-refractivity contribution in [2.24, 2.45) is 0 Å². The maximum atomic E-state index is 6.28. The Bertz CT molecular complexity index is 854. The number of hydrogen-bond acceptors (Lipinski definition) is 4. The molecule has 1 fully saturated rings. The summed E-state index contributed by atoms with van der Waals surface area (Å²) >= 11 is 0. The SMILES string of the molecule is c1ccc(COC[C@@H]2OC[C@@H](OCc3ccccc3)[C@@H]2OCc2ccccc2)cc1. The lowest BCUT2D eigenvalue weighted by Crippen LogP contribution is -2.37. The number of ether oxygens (including phenoxy) is 4. The average Bonchev–Trinajstić information content (AvgIpc) is 3.20. The highest BCUT2D eigenvalue weighted by atomic mass is 16.6. The van der Waals surface area contributed by atoms with Crippen LogP contribution >= 0.6 is 0 Å². The molecule has 1 aliphatic rings. The summed E-state index contributed by atoms with van der Waals surface area (Å²) < 4.78 is 24.4. The van der Waals surface area contributed by atoms with Crippen LogP contribution in [0.5, 0.6) is 0 Å². The molecule has 1 aliphatic heterocycles. The van der Waals surface area contributed by atoms with Gasteiger partial charge in [0.05, 0.1) is 33.0 Å². The van der Waals surface area contributed by atoms with E-state index in [9.17, 15) is 0 Å². The molecule has 156 valence electrons. The average molecular weight is 405 g/mol. The number of hydrogen-bond donors (Lipinski definition) is 0. The minimum absolute atomic E-state index is 0.126. The van der Waals surface area contributed by atoms with Crippen molar-refractivity contribution < 1.29 is 18.9 Å². The van der Waals surface area contributed by atoms with E-state index < -0.39 is 0 Å². The summed E-state index contributed by atoms with van der Waals surface area (Å²) in [5.41, 5.74) is 3.42. The molecule has 30 heavy (non-hydrogen) atoms. The smallest absolute Gasteiger partial charge is 0.115 e. The highest BCUT2D eigenvalue weighted by Gasteiger charge is 2.39. The topological polar surface area (TPSA) is 36.9 Å². The van der Waals surface area contributed by atoms with Crippen LogP contribution in [0.2, 0.25) is 0 Å². The van der Waals surface area contributed by atoms with Gasteiger partial charge in [-0.3, -0.25) is 0 Å². The molecule has 4 heteroatoms. The lowest BCUT2D eigenvalue weighted by Gasteiger charge is -2.24. The van der Waals surface area contributed by atoms with E-state index in [1.54, 1.807) is 0 Å². The van der Waals surface area contributed by atoms with Crippen molar-refractivity contribution >= 4 is 0 Å². The first kappa shape index (κ1) is 20.8. The van der Waals surface area contributed by atoms with E-state index in [0.717, 1.165) is 16.7 Å². The van der Waals surface area contributed by atoms with Crippen LogP contribution in [0.25, 0.3) is 0 Å². The largest absolute Gasteiger partial charge is 0.374 e. The fraction of sp³-hybridized carbons (Fsp3) is 0.308. The van der Waals surface area contributed by atoms with Crippen LogP contribution in [0.15, 0.2) is 91.0 Å². The lowest BCUT2D eigenvalue weighted by molar-refractivity contribution is -0.0895. The Labute approximate surface area is 178 Å². The van der Waals surface area contributed by atoms with Crippen molar-refractivity contribution in [3.63, 3.8) is 0 Å². The molecule has 4 nitrogen and oxygen atoms in total. The van der Waals surface area contributed by atoms with Crippen molar-refractivity contribution in [1.82, 2.24) is 0 Å². The van der Waals surface area contributed by atoms with Crippen molar-refractivity contribution in [2.45, 2.75) is 38.1 Å². The van der Waals surface area contributed by atoms with Gasteiger partial charge in [-0.05, 0) is 16.7 Å². The van der Waals surface area contributed by atoms with Crippen LogP contribution in [-0.4, -0.2) is 31.5 Å². The van der Waals surface area contributed by atoms with Gasteiger partial charge >= 0.3 is 0 Å². The monoisotopic (exact) mass is 404 g/mol. The maximum absolute atomic E-state index is 6.28. The van der Waals surface area contributed by atoms with Gasteiger partial charge in [-0.15, -0.1) is 0 Å². The molecule has 0 N–H and O–H groups in total. The zero-order chi connectivity index (χ0) is 20.4. The highest BCUT2D eigenvalue weighted by Crippen LogP contribution is 2.24. The molecule has 1 heterocycles. The summed E-state index contributed by atoms with van der Waals surface area (Å²) in [6.07, 6.45) is -0.456. The Balaban J connectivity index is 1.35. The molecule has 0 bridgehead atoms. The molecule has 4 rings (SSSR count). The Morgan fingerprint density at radius 2 is 1.13 bits per heavy atom. The summed E-state index contributed by atoms with van der Waals surface area (Å²) in [4.78, 5) is 0. The van der Waals surface area contributed by atoms with E-state index >= 15 is 0 Å². The zero-order valence-electron chi connectivity index (χ0n) is 17.1. The highest BCUT2D eigenvalue weighted by molar-refractivity contribution is 5.15. The third kappa shape index (κ3) is 6.00. The van der Waals surface area contributed by atoms with Crippen molar-refractivity contribution in [1.29, 1.82) is 0 Å². The summed E-state index contributed by atoms with van der Waals surface area (Å²) in [6, 6.07) is 30.5. The van der Waals surface area contributed by atoms with Crippen LogP contribution in [0.3, 0.4) is 0 Å². The fourth-order valence-electron chi connectivity index (χ4n) is 3.56. The molecule has 0 radical (unpaired) electrons. The van der Waals surface area contributed by atoms with E-state index in [-0.39, 0.29) is 18.3 Å². The van der Waals surface area contributed by atoms with Crippen molar-refractivity contribution in [3.8, 4) is 0 Å². The molecule has 0 aliphatic carbocycles. The molecule has 3 atom stereocenters. The molecule has 0 saturated carbocycles. The van der Waals surface area contributed by atoms with Crippen LogP contribution in [0.4, 0.5) is 0 Å². The molecule has 0 aromatic heterocycles. The summed E-state index contributed by atoms with van der Waals surface area (Å²) in [5, 5.41) is 0. The quantitative estimate of drug-likeness (QED) is 0.488. The normalized spacial score (nSPS) is 21.0. The Kier molecular flexibility index (Phi) is 7.64. The molecular formula is C26H28O4. The second-order valence-electron chi connectivity index (χ2n) is 7.47. The third-order valence-electron chi connectivity index (χ3n) is 5.19. The molecule has 3 aromatic carbocycles. The van der Waals surface area contributed by atoms with Gasteiger partial charge in [0.15, 0.2) is 0 Å². The maximum Gasteiger partial charge on any atom is 0.115 e. The van der Waals surface area contributed by atoms with E-state index in [1.807, 2.05) is 54.6 Å². The van der Waals surface area contributed by atoms with Gasteiger partial charge in [0.1, 0.15) is 18.3 Å². The minimum Gasteiger partial charge on any atom is -0.374 e. The Hall–Kier alpha value is -2.50. The van der Waals surface area contributed by atoms with Gasteiger partial charge in [0.2, 0.25) is 0 Å². The van der Waals surface area contributed by atoms with Crippen LogP contribution in [0, 0.1) is 0 Å². The predicted octanol–water partition coefficient (Wildman–Crippen LogP) is 4.77. The molecule has 0 unspecified atom stereocenters. The molecule has 1 saturated heterocycles. The van der Waals surface area contributed by atoms with Gasteiger partial charge in [0, 0.05) is 0 Å². The van der Waals surface area contributed by atoms with Gasteiger partial charge in [-0.1, -0.05) is 91.0 Å². The second kappa shape index (κ2) is 11.0. The predicted molar refractivity (Wildman–Crippen MR) is 116 cm³/mol. The standard InChI is InChI=1S/C26H28O4/c1-4-10-21(11-5-1)16-27-19-24-26(30-18-23-14-8-3-9-15-23)25(20-29-24)28-17-22-12-6-2-7-13-22/h1-15,24-26H,16-20H2/t24-,25+,26+/m0/s1. The third-order valence-corrected chi connectivity index (χ3v) is 5.19. The van der Waals surface area contributed by atoms with Crippen LogP contribution in [0.1, 0.15) is 16.7 Å². The first-order valence-electron chi connectivity index (χ1n) is 10.4. The number of benzene rings is 3. The minimum atomic E-state index is -0.176. The van der Waals surface area contributed by atoms with Crippen LogP contribution in [-0.2, 0) is 38.8 Å². The zero-order valence-corrected chi connectivity index (χ0v) is 17.1. The summed E-state index contributed by atoms with van der Waals surface area (Å²) in [6.45, 7) is 2.60. The molecule has 3 aromatic rings. The van der Waals surface area contributed by atoms with E-state index in [2.05, 4.69) is 36.4 Å². The Morgan fingerprint density at radius 3 is 1.70 bits per heavy atom. The van der Waals surface area contributed by atoms with E-state index in [1.165, 1.54) is 0 Å². The number of rotatable bonds is 10.